The fraction of sp³-hybridized carbons (Fsp3) is 0.941. The lowest BCUT2D eigenvalue weighted by Gasteiger charge is -2.57. The van der Waals surface area contributed by atoms with Crippen LogP contribution in [0.5, 0.6) is 0 Å². The largest absolute Gasteiger partial charge is 0.466 e. The van der Waals surface area contributed by atoms with E-state index in [1.807, 2.05) is 6.92 Å². The van der Waals surface area contributed by atoms with Gasteiger partial charge >= 0.3 is 5.97 Å². The molecule has 0 aromatic heterocycles. The van der Waals surface area contributed by atoms with E-state index in [2.05, 4.69) is 9.80 Å². The summed E-state index contributed by atoms with van der Waals surface area (Å²) in [5.41, 5.74) is 0.0626. The molecule has 4 heteroatoms. The number of fused-ring (bicyclic) bond motifs is 3. The molecular formula is C17H30N2O2. The Hall–Kier alpha value is -0.610. The van der Waals surface area contributed by atoms with Crippen molar-refractivity contribution in [3.05, 3.63) is 0 Å². The molecule has 1 atom stereocenters. The Morgan fingerprint density at radius 3 is 2.29 bits per heavy atom. The molecule has 4 fully saturated rings. The summed E-state index contributed by atoms with van der Waals surface area (Å²) >= 11 is 0. The Morgan fingerprint density at radius 1 is 1.10 bits per heavy atom. The first-order chi connectivity index (χ1) is 10.2. The Labute approximate surface area is 128 Å². The molecule has 0 aromatic carbocycles. The van der Waals surface area contributed by atoms with E-state index in [-0.39, 0.29) is 11.5 Å². The zero-order chi connectivity index (χ0) is 14.7. The molecule has 4 aliphatic heterocycles. The maximum absolute atomic E-state index is 12.3. The van der Waals surface area contributed by atoms with E-state index < -0.39 is 0 Å². The molecule has 21 heavy (non-hydrogen) atoms. The fourth-order valence-electron chi connectivity index (χ4n) is 4.79. The molecule has 4 heterocycles. The Balaban J connectivity index is 1.81. The third-order valence-corrected chi connectivity index (χ3v) is 5.84. The van der Waals surface area contributed by atoms with Crippen molar-refractivity contribution >= 4 is 5.97 Å². The molecule has 4 aliphatic rings. The van der Waals surface area contributed by atoms with E-state index in [0.29, 0.717) is 18.9 Å². The Kier molecular flexibility index (Phi) is 4.85. The van der Waals surface area contributed by atoms with E-state index in [4.69, 9.17) is 4.74 Å². The molecule has 0 amide bonds. The normalized spacial score (nSPS) is 37.2. The van der Waals surface area contributed by atoms with Gasteiger partial charge in [0.15, 0.2) is 0 Å². The number of hydrogen-bond donors (Lipinski definition) is 0. The van der Waals surface area contributed by atoms with Gasteiger partial charge in [-0.05, 0) is 64.7 Å². The summed E-state index contributed by atoms with van der Waals surface area (Å²) in [5.74, 6) is 0.695. The smallest absolute Gasteiger partial charge is 0.307 e. The molecule has 4 rings (SSSR count). The zero-order valence-corrected chi connectivity index (χ0v) is 13.5. The number of ether oxygens (including phenoxy) is 1. The second-order valence-corrected chi connectivity index (χ2v) is 7.04. The maximum Gasteiger partial charge on any atom is 0.307 e. The molecule has 0 spiro atoms. The highest BCUT2D eigenvalue weighted by atomic mass is 16.5. The Morgan fingerprint density at radius 2 is 1.76 bits per heavy atom. The number of hydrogen-bond acceptors (Lipinski definition) is 4. The van der Waals surface area contributed by atoms with Gasteiger partial charge in [-0.1, -0.05) is 12.8 Å². The summed E-state index contributed by atoms with van der Waals surface area (Å²) in [4.78, 5) is 17.5. The van der Waals surface area contributed by atoms with Gasteiger partial charge in [0.2, 0.25) is 0 Å². The Bertz CT molecular complexity index is 358. The van der Waals surface area contributed by atoms with E-state index in [0.717, 1.165) is 6.54 Å². The van der Waals surface area contributed by atoms with Crippen molar-refractivity contribution in [1.29, 1.82) is 0 Å². The molecule has 0 N–H and O–H groups in total. The molecule has 2 bridgehead atoms. The van der Waals surface area contributed by atoms with Crippen LogP contribution >= 0.6 is 0 Å². The number of carbonyl (C=O) groups is 1. The lowest BCUT2D eigenvalue weighted by atomic mass is 9.69. The van der Waals surface area contributed by atoms with Crippen molar-refractivity contribution < 1.29 is 9.53 Å². The summed E-state index contributed by atoms with van der Waals surface area (Å²) in [6.07, 6.45) is 8.39. The van der Waals surface area contributed by atoms with Gasteiger partial charge in [0.25, 0.3) is 0 Å². The van der Waals surface area contributed by atoms with Gasteiger partial charge < -0.3 is 9.64 Å². The molecule has 4 saturated heterocycles. The average Bonchev–Trinajstić information content (AvgIpc) is 2.78. The lowest BCUT2D eigenvalue weighted by Crippen LogP contribution is -2.67. The molecule has 0 saturated carbocycles. The minimum Gasteiger partial charge on any atom is -0.466 e. The van der Waals surface area contributed by atoms with Crippen LogP contribution in [-0.2, 0) is 9.53 Å². The van der Waals surface area contributed by atoms with Crippen LogP contribution in [0.3, 0.4) is 0 Å². The summed E-state index contributed by atoms with van der Waals surface area (Å²) in [6, 6.07) is 0. The molecule has 4 nitrogen and oxygen atoms in total. The third-order valence-electron chi connectivity index (χ3n) is 5.84. The summed E-state index contributed by atoms with van der Waals surface area (Å²) in [7, 11) is 0. The van der Waals surface area contributed by atoms with E-state index in [1.165, 1.54) is 64.7 Å². The van der Waals surface area contributed by atoms with Crippen LogP contribution in [0.4, 0.5) is 0 Å². The van der Waals surface area contributed by atoms with Gasteiger partial charge in [0, 0.05) is 12.1 Å². The second-order valence-electron chi connectivity index (χ2n) is 7.04. The van der Waals surface area contributed by atoms with Crippen molar-refractivity contribution in [3.63, 3.8) is 0 Å². The topological polar surface area (TPSA) is 32.8 Å². The number of piperidine rings is 3. The van der Waals surface area contributed by atoms with Crippen LogP contribution < -0.4 is 0 Å². The number of carbonyl (C=O) groups excluding carboxylic acids is 1. The summed E-state index contributed by atoms with van der Waals surface area (Å²) in [5, 5.41) is 0. The highest BCUT2D eigenvalue weighted by Crippen LogP contribution is 2.43. The van der Waals surface area contributed by atoms with Crippen LogP contribution in [0.15, 0.2) is 0 Å². The van der Waals surface area contributed by atoms with Gasteiger partial charge in [0.05, 0.1) is 13.0 Å². The predicted octanol–water partition coefficient (Wildman–Crippen LogP) is 2.28. The SMILES string of the molecule is CCOC(=O)CC1(N2CCCCCC2)CN2CCC1CC2. The standard InChI is InChI=1S/C17H30N2O2/c1-2-21-16(20)13-17(19-9-5-3-4-6-10-19)14-18-11-7-15(17)8-12-18/h15H,2-14H2,1H3. The lowest BCUT2D eigenvalue weighted by molar-refractivity contribution is -0.153. The molecule has 0 aromatic rings. The van der Waals surface area contributed by atoms with Crippen LogP contribution in [0.1, 0.15) is 51.9 Å². The number of esters is 1. The van der Waals surface area contributed by atoms with E-state index >= 15 is 0 Å². The first kappa shape index (κ1) is 15.3. The van der Waals surface area contributed by atoms with Gasteiger partial charge in [-0.3, -0.25) is 9.69 Å². The van der Waals surface area contributed by atoms with Crippen molar-refractivity contribution in [1.82, 2.24) is 9.80 Å². The van der Waals surface area contributed by atoms with Gasteiger partial charge in [-0.25, -0.2) is 0 Å². The third kappa shape index (κ3) is 3.11. The second kappa shape index (κ2) is 6.66. The van der Waals surface area contributed by atoms with Crippen molar-refractivity contribution in [2.45, 2.75) is 57.4 Å². The van der Waals surface area contributed by atoms with Crippen molar-refractivity contribution in [2.24, 2.45) is 5.92 Å². The quantitative estimate of drug-likeness (QED) is 0.745. The first-order valence-electron chi connectivity index (χ1n) is 8.87. The van der Waals surface area contributed by atoms with E-state index in [1.54, 1.807) is 0 Å². The molecule has 0 aliphatic carbocycles. The number of likely N-dealkylation sites (tertiary alicyclic amines) is 1. The van der Waals surface area contributed by atoms with Crippen LogP contribution in [0, 0.1) is 5.92 Å². The first-order valence-corrected chi connectivity index (χ1v) is 8.87. The van der Waals surface area contributed by atoms with Crippen LogP contribution in [-0.4, -0.2) is 60.6 Å². The maximum atomic E-state index is 12.3. The van der Waals surface area contributed by atoms with Crippen LogP contribution in [0.2, 0.25) is 0 Å². The highest BCUT2D eigenvalue weighted by molar-refractivity contribution is 5.71. The van der Waals surface area contributed by atoms with Gasteiger partial charge in [0.1, 0.15) is 0 Å². The molecular weight excluding hydrogens is 264 g/mol. The average molecular weight is 294 g/mol. The van der Waals surface area contributed by atoms with Crippen molar-refractivity contribution in [2.75, 3.05) is 39.3 Å². The van der Waals surface area contributed by atoms with Gasteiger partial charge in [-0.2, -0.15) is 0 Å². The molecule has 120 valence electrons. The minimum absolute atomic E-state index is 0.00972. The number of rotatable bonds is 4. The van der Waals surface area contributed by atoms with E-state index in [9.17, 15) is 4.79 Å². The van der Waals surface area contributed by atoms with Gasteiger partial charge in [-0.15, -0.1) is 0 Å². The fourth-order valence-corrected chi connectivity index (χ4v) is 4.79. The summed E-state index contributed by atoms with van der Waals surface area (Å²) < 4.78 is 5.32. The predicted molar refractivity (Wildman–Crippen MR) is 83.2 cm³/mol. The number of nitrogens with zero attached hydrogens (tertiary/aromatic N) is 2. The summed E-state index contributed by atoms with van der Waals surface area (Å²) in [6.45, 7) is 8.28. The minimum atomic E-state index is 0.00972. The molecule has 0 radical (unpaired) electrons. The highest BCUT2D eigenvalue weighted by Gasteiger charge is 2.51. The molecule has 1 unspecified atom stereocenters. The monoisotopic (exact) mass is 294 g/mol. The van der Waals surface area contributed by atoms with Crippen molar-refractivity contribution in [3.8, 4) is 0 Å². The zero-order valence-electron chi connectivity index (χ0n) is 13.5. The van der Waals surface area contributed by atoms with Crippen LogP contribution in [0.25, 0.3) is 0 Å².